The molecule has 2 fully saturated rings. The number of ketones is 1. The van der Waals surface area contributed by atoms with Gasteiger partial charge in [-0.05, 0) is 26.2 Å². The maximum atomic E-state index is 11.5. The summed E-state index contributed by atoms with van der Waals surface area (Å²) >= 11 is 0. The van der Waals surface area contributed by atoms with Gasteiger partial charge in [0.05, 0.1) is 5.60 Å². The Morgan fingerprint density at radius 3 is 2.77 bits per heavy atom. The highest BCUT2D eigenvalue weighted by atomic mass is 16.5. The van der Waals surface area contributed by atoms with E-state index in [1.54, 1.807) is 0 Å². The molecular weight excluding hydrogens is 168 g/mol. The Kier molecular flexibility index (Phi) is 1.65. The molecule has 2 heterocycles. The van der Waals surface area contributed by atoms with Crippen LogP contribution in [-0.4, -0.2) is 28.2 Å². The van der Waals surface area contributed by atoms with Crippen LogP contribution in [0.2, 0.25) is 0 Å². The number of aliphatic hydroxyl groups excluding tert-OH is 1. The lowest BCUT2D eigenvalue weighted by Gasteiger charge is -2.39. The first-order valence-corrected chi connectivity index (χ1v) is 4.78. The molecule has 0 saturated carbocycles. The van der Waals surface area contributed by atoms with E-state index < -0.39 is 11.7 Å². The van der Waals surface area contributed by atoms with Gasteiger partial charge in [-0.25, -0.2) is 0 Å². The van der Waals surface area contributed by atoms with Gasteiger partial charge < -0.3 is 9.84 Å². The first-order chi connectivity index (χ1) is 5.87. The van der Waals surface area contributed by atoms with Crippen molar-refractivity contribution in [2.45, 2.75) is 50.9 Å². The summed E-state index contributed by atoms with van der Waals surface area (Å²) in [5.41, 5.74) is -0.978. The predicted octanol–water partition coefficient (Wildman–Crippen LogP) is 0.894. The number of ether oxygens (including phenoxy) is 1. The van der Waals surface area contributed by atoms with E-state index in [1.165, 1.54) is 0 Å². The van der Waals surface area contributed by atoms with Crippen LogP contribution in [0.4, 0.5) is 0 Å². The van der Waals surface area contributed by atoms with Crippen LogP contribution in [0.3, 0.4) is 0 Å². The zero-order valence-electron chi connectivity index (χ0n) is 8.33. The third-order valence-electron chi connectivity index (χ3n) is 3.58. The number of Topliss-reactive ketones (excluding diaryl/α,β-unsaturated/α-hetero) is 1. The second kappa shape index (κ2) is 2.34. The molecule has 0 radical (unpaired) electrons. The van der Waals surface area contributed by atoms with E-state index in [-0.39, 0.29) is 17.3 Å². The molecule has 2 aliphatic heterocycles. The van der Waals surface area contributed by atoms with E-state index >= 15 is 0 Å². The first-order valence-electron chi connectivity index (χ1n) is 4.78. The van der Waals surface area contributed by atoms with Gasteiger partial charge in [-0.1, -0.05) is 6.92 Å². The van der Waals surface area contributed by atoms with Crippen LogP contribution in [-0.2, 0) is 9.53 Å². The topological polar surface area (TPSA) is 46.5 Å². The van der Waals surface area contributed by atoms with E-state index in [9.17, 15) is 9.90 Å². The molecule has 0 unspecified atom stereocenters. The summed E-state index contributed by atoms with van der Waals surface area (Å²) in [5, 5.41) is 9.73. The number of carbonyl (C=O) groups is 1. The normalized spacial score (nSPS) is 55.5. The fraction of sp³-hybridized carbons (Fsp3) is 0.900. The van der Waals surface area contributed by atoms with E-state index in [1.807, 2.05) is 20.8 Å². The van der Waals surface area contributed by atoms with Crippen molar-refractivity contribution in [1.29, 1.82) is 0 Å². The maximum absolute atomic E-state index is 11.5. The Morgan fingerprint density at radius 1 is 1.54 bits per heavy atom. The molecule has 2 aliphatic rings. The van der Waals surface area contributed by atoms with E-state index in [0.29, 0.717) is 6.42 Å². The van der Waals surface area contributed by atoms with Crippen molar-refractivity contribution in [3.05, 3.63) is 0 Å². The van der Waals surface area contributed by atoms with Crippen LogP contribution >= 0.6 is 0 Å². The molecule has 74 valence electrons. The quantitative estimate of drug-likeness (QED) is 0.608. The Morgan fingerprint density at radius 2 is 2.15 bits per heavy atom. The summed E-state index contributed by atoms with van der Waals surface area (Å²) in [7, 11) is 0. The van der Waals surface area contributed by atoms with Gasteiger partial charge in [0.25, 0.3) is 0 Å². The van der Waals surface area contributed by atoms with Crippen molar-refractivity contribution < 1.29 is 14.6 Å². The molecule has 0 aliphatic carbocycles. The number of hydrogen-bond acceptors (Lipinski definition) is 3. The highest BCUT2D eigenvalue weighted by Crippen LogP contribution is 2.49. The molecule has 0 amide bonds. The van der Waals surface area contributed by atoms with Crippen LogP contribution in [0, 0.1) is 5.92 Å². The van der Waals surface area contributed by atoms with Crippen molar-refractivity contribution in [1.82, 2.24) is 0 Å². The molecule has 3 heteroatoms. The summed E-state index contributed by atoms with van der Waals surface area (Å²) in [6.07, 6.45) is 0.290. The number of fused-ring (bicyclic) bond motifs is 2. The minimum atomic E-state index is -0.932. The third-order valence-corrected chi connectivity index (χ3v) is 3.58. The average Bonchev–Trinajstić information content (AvgIpc) is 2.18. The summed E-state index contributed by atoms with van der Waals surface area (Å²) in [6.45, 7) is 5.83. The summed E-state index contributed by atoms with van der Waals surface area (Å²) < 4.78 is 5.80. The lowest BCUT2D eigenvalue weighted by molar-refractivity contribution is -0.190. The molecule has 2 rings (SSSR count). The molecule has 0 aromatic carbocycles. The second-order valence-electron chi connectivity index (χ2n) is 4.89. The first kappa shape index (κ1) is 9.16. The molecule has 0 aromatic rings. The fourth-order valence-corrected chi connectivity index (χ4v) is 2.74. The molecule has 2 saturated heterocycles. The maximum Gasteiger partial charge on any atom is 0.167 e. The summed E-state index contributed by atoms with van der Waals surface area (Å²) in [6, 6.07) is 0. The Bertz CT molecular complexity index is 263. The zero-order chi connectivity index (χ0) is 9.85. The monoisotopic (exact) mass is 184 g/mol. The van der Waals surface area contributed by atoms with E-state index in [2.05, 4.69) is 0 Å². The molecule has 1 N–H and O–H groups in total. The standard InChI is InChI=1S/C10H16O3/c1-6-4-9(2)5-7(11)8(12)10(6,3)13-9/h6,8,12H,4-5H2,1-3H3/t6-,8-,9+,10-/m0/s1. The minimum Gasteiger partial charge on any atom is -0.382 e. The van der Waals surface area contributed by atoms with Gasteiger partial charge in [0.1, 0.15) is 11.7 Å². The van der Waals surface area contributed by atoms with Crippen LogP contribution in [0.25, 0.3) is 0 Å². The molecular formula is C10H16O3. The zero-order valence-corrected chi connectivity index (χ0v) is 8.33. The third kappa shape index (κ3) is 1.07. The van der Waals surface area contributed by atoms with Gasteiger partial charge in [-0.2, -0.15) is 0 Å². The summed E-state index contributed by atoms with van der Waals surface area (Å²) in [4.78, 5) is 11.5. The highest BCUT2D eigenvalue weighted by molar-refractivity contribution is 5.86. The molecule has 2 bridgehead atoms. The Labute approximate surface area is 78.1 Å². The van der Waals surface area contributed by atoms with E-state index in [0.717, 1.165) is 6.42 Å². The largest absolute Gasteiger partial charge is 0.382 e. The van der Waals surface area contributed by atoms with Crippen molar-refractivity contribution in [3.8, 4) is 0 Å². The SMILES string of the molecule is C[C@H]1C[C@]2(C)CC(=O)[C@H](O)[C@@]1(C)O2. The van der Waals surface area contributed by atoms with Gasteiger partial charge in [-0.3, -0.25) is 4.79 Å². The van der Waals surface area contributed by atoms with Crippen molar-refractivity contribution in [2.75, 3.05) is 0 Å². The van der Waals surface area contributed by atoms with Gasteiger partial charge in [0.15, 0.2) is 5.78 Å². The van der Waals surface area contributed by atoms with Gasteiger partial charge in [0.2, 0.25) is 0 Å². The molecule has 0 spiro atoms. The number of hydrogen-bond donors (Lipinski definition) is 1. The lowest BCUT2D eigenvalue weighted by Crippen LogP contribution is -2.54. The molecule has 4 atom stereocenters. The Hall–Kier alpha value is -0.410. The van der Waals surface area contributed by atoms with Gasteiger partial charge in [0, 0.05) is 6.42 Å². The molecule has 0 aromatic heterocycles. The average molecular weight is 184 g/mol. The number of rotatable bonds is 0. The second-order valence-corrected chi connectivity index (χ2v) is 4.89. The van der Waals surface area contributed by atoms with Crippen LogP contribution < -0.4 is 0 Å². The lowest BCUT2D eigenvalue weighted by atomic mass is 9.85. The Balaban J connectivity index is 2.39. The predicted molar refractivity (Wildman–Crippen MR) is 47.3 cm³/mol. The molecule has 13 heavy (non-hydrogen) atoms. The van der Waals surface area contributed by atoms with Crippen LogP contribution in [0.1, 0.15) is 33.6 Å². The smallest absolute Gasteiger partial charge is 0.167 e. The minimum absolute atomic E-state index is 0.0689. The van der Waals surface area contributed by atoms with Gasteiger partial charge in [-0.15, -0.1) is 0 Å². The van der Waals surface area contributed by atoms with Crippen molar-refractivity contribution >= 4 is 5.78 Å². The van der Waals surface area contributed by atoms with Gasteiger partial charge >= 0.3 is 0 Å². The van der Waals surface area contributed by atoms with Crippen LogP contribution in [0.5, 0.6) is 0 Å². The number of carbonyl (C=O) groups excluding carboxylic acids is 1. The number of aliphatic hydroxyl groups is 1. The molecule has 3 nitrogen and oxygen atoms in total. The summed E-state index contributed by atoms with van der Waals surface area (Å²) in [5.74, 6) is 0.180. The van der Waals surface area contributed by atoms with E-state index in [4.69, 9.17) is 4.74 Å². The van der Waals surface area contributed by atoms with Crippen molar-refractivity contribution in [3.63, 3.8) is 0 Å². The van der Waals surface area contributed by atoms with Crippen LogP contribution in [0.15, 0.2) is 0 Å². The highest BCUT2D eigenvalue weighted by Gasteiger charge is 2.59. The van der Waals surface area contributed by atoms with Crippen molar-refractivity contribution in [2.24, 2.45) is 5.92 Å². The fourth-order valence-electron chi connectivity index (χ4n) is 2.74.